The van der Waals surface area contributed by atoms with Crippen LogP contribution in [0.5, 0.6) is 0 Å². The summed E-state index contributed by atoms with van der Waals surface area (Å²) in [5.74, 6) is 2.07. The van der Waals surface area contributed by atoms with Gasteiger partial charge in [-0.1, -0.05) is 78.1 Å². The predicted octanol–water partition coefficient (Wildman–Crippen LogP) is 5.17. The molecule has 0 heterocycles. The van der Waals surface area contributed by atoms with E-state index in [4.69, 9.17) is 0 Å². The lowest BCUT2D eigenvalue weighted by atomic mass is 9.91. The summed E-state index contributed by atoms with van der Waals surface area (Å²) in [6.45, 7) is 4.72. The van der Waals surface area contributed by atoms with Gasteiger partial charge in [0.1, 0.15) is 0 Å². The second-order valence-electron chi connectivity index (χ2n) is 5.49. The lowest BCUT2D eigenvalue weighted by molar-refractivity contribution is 0.385. The molecule has 2 aliphatic rings. The van der Waals surface area contributed by atoms with Gasteiger partial charge in [0, 0.05) is 0 Å². The summed E-state index contributed by atoms with van der Waals surface area (Å²) in [4.78, 5) is 0. The molecule has 0 saturated heterocycles. The average Bonchev–Trinajstić information content (AvgIpc) is 2.21. The Morgan fingerprint density at radius 2 is 0.786 bits per heavy atom. The van der Waals surface area contributed by atoms with Crippen LogP contribution in [0.1, 0.15) is 78.1 Å². The van der Waals surface area contributed by atoms with Crippen LogP contribution in [0.15, 0.2) is 0 Å². The lowest BCUT2D eigenvalue weighted by Gasteiger charge is -2.15. The number of hydrogen-bond donors (Lipinski definition) is 0. The second kappa shape index (κ2) is 7.31. The summed E-state index contributed by atoms with van der Waals surface area (Å²) in [5.41, 5.74) is 0. The Labute approximate surface area is 90.5 Å². The molecule has 0 aromatic carbocycles. The van der Waals surface area contributed by atoms with Crippen molar-refractivity contribution in [2.75, 3.05) is 0 Å². The Morgan fingerprint density at radius 1 is 0.500 bits per heavy atom. The standard InChI is InChI=1S/2C7H14/c2*1-7-5-3-2-4-6-7/h2*7H,2-6H2,1H3. The van der Waals surface area contributed by atoms with Crippen LogP contribution < -0.4 is 0 Å². The Morgan fingerprint density at radius 3 is 0.929 bits per heavy atom. The van der Waals surface area contributed by atoms with Crippen molar-refractivity contribution in [2.24, 2.45) is 11.8 Å². The summed E-state index contributed by atoms with van der Waals surface area (Å²) in [5, 5.41) is 0. The molecule has 0 unspecified atom stereocenters. The molecule has 14 heavy (non-hydrogen) atoms. The van der Waals surface area contributed by atoms with E-state index in [-0.39, 0.29) is 0 Å². The van der Waals surface area contributed by atoms with Crippen molar-refractivity contribution >= 4 is 0 Å². The molecule has 0 aromatic heterocycles. The molecular formula is C14H28. The molecule has 0 bridgehead atoms. The van der Waals surface area contributed by atoms with Gasteiger partial charge in [0.2, 0.25) is 0 Å². The summed E-state index contributed by atoms with van der Waals surface area (Å²) in [6, 6.07) is 0. The molecule has 0 atom stereocenters. The molecule has 0 N–H and O–H groups in total. The van der Waals surface area contributed by atoms with Crippen LogP contribution in [0.3, 0.4) is 0 Å². The summed E-state index contributed by atoms with van der Waals surface area (Å²) >= 11 is 0. The minimum atomic E-state index is 1.04. The van der Waals surface area contributed by atoms with Crippen molar-refractivity contribution in [1.29, 1.82) is 0 Å². The molecule has 0 aliphatic heterocycles. The van der Waals surface area contributed by atoms with Crippen LogP contribution in [-0.4, -0.2) is 0 Å². The molecule has 0 nitrogen and oxygen atoms in total. The van der Waals surface area contributed by atoms with Crippen molar-refractivity contribution in [3.8, 4) is 0 Å². The minimum absolute atomic E-state index is 1.04. The monoisotopic (exact) mass is 196 g/mol. The molecule has 2 rings (SSSR count). The molecule has 2 fully saturated rings. The largest absolute Gasteiger partial charge is 0.0625 e. The van der Waals surface area contributed by atoms with Gasteiger partial charge in [-0.2, -0.15) is 0 Å². The van der Waals surface area contributed by atoms with Gasteiger partial charge < -0.3 is 0 Å². The van der Waals surface area contributed by atoms with Gasteiger partial charge in [-0.25, -0.2) is 0 Å². The van der Waals surface area contributed by atoms with E-state index in [1.165, 1.54) is 64.2 Å². The second-order valence-corrected chi connectivity index (χ2v) is 5.49. The Kier molecular flexibility index (Phi) is 6.31. The Hall–Kier alpha value is 0. The van der Waals surface area contributed by atoms with Gasteiger partial charge in [-0.15, -0.1) is 0 Å². The van der Waals surface area contributed by atoms with Crippen molar-refractivity contribution in [3.63, 3.8) is 0 Å². The first-order chi connectivity index (χ1) is 6.79. The van der Waals surface area contributed by atoms with E-state index in [9.17, 15) is 0 Å². The zero-order valence-electron chi connectivity index (χ0n) is 10.2. The fraction of sp³-hybridized carbons (Fsp3) is 1.00. The summed E-state index contributed by atoms with van der Waals surface area (Å²) in [6.07, 6.45) is 14.9. The van der Waals surface area contributed by atoms with Gasteiger partial charge in [0.15, 0.2) is 0 Å². The maximum atomic E-state index is 2.36. The zero-order chi connectivity index (χ0) is 10.2. The first-order valence-electron chi connectivity index (χ1n) is 6.79. The fourth-order valence-electron chi connectivity index (χ4n) is 2.61. The molecule has 0 spiro atoms. The third kappa shape index (κ3) is 5.67. The molecule has 0 radical (unpaired) electrons. The molecule has 0 heteroatoms. The van der Waals surface area contributed by atoms with E-state index >= 15 is 0 Å². The molecule has 2 saturated carbocycles. The van der Waals surface area contributed by atoms with E-state index in [1.807, 2.05) is 0 Å². The third-order valence-electron chi connectivity index (χ3n) is 3.79. The highest BCUT2D eigenvalue weighted by molar-refractivity contribution is 4.60. The first-order valence-corrected chi connectivity index (χ1v) is 6.79. The first kappa shape index (κ1) is 12.1. The molecule has 0 aromatic rings. The fourth-order valence-corrected chi connectivity index (χ4v) is 2.61. The molecule has 2 aliphatic carbocycles. The van der Waals surface area contributed by atoms with E-state index in [2.05, 4.69) is 13.8 Å². The van der Waals surface area contributed by atoms with E-state index in [0.29, 0.717) is 0 Å². The maximum Gasteiger partial charge on any atom is -0.0443 e. The number of rotatable bonds is 0. The lowest BCUT2D eigenvalue weighted by Crippen LogP contribution is -1.99. The van der Waals surface area contributed by atoms with Crippen LogP contribution in [-0.2, 0) is 0 Å². The van der Waals surface area contributed by atoms with Gasteiger partial charge in [0.25, 0.3) is 0 Å². The van der Waals surface area contributed by atoms with Crippen molar-refractivity contribution in [2.45, 2.75) is 78.1 Å². The molecular weight excluding hydrogens is 168 g/mol. The Balaban J connectivity index is 0.000000140. The van der Waals surface area contributed by atoms with Gasteiger partial charge in [0.05, 0.1) is 0 Å². The van der Waals surface area contributed by atoms with Crippen LogP contribution in [0, 0.1) is 11.8 Å². The SMILES string of the molecule is CC1CCCCC1.CC1CCCCC1. The van der Waals surface area contributed by atoms with Crippen LogP contribution in [0.2, 0.25) is 0 Å². The highest BCUT2D eigenvalue weighted by atomic mass is 14.1. The molecule has 0 amide bonds. The van der Waals surface area contributed by atoms with Gasteiger partial charge >= 0.3 is 0 Å². The highest BCUT2D eigenvalue weighted by Gasteiger charge is 2.06. The van der Waals surface area contributed by atoms with Crippen LogP contribution >= 0.6 is 0 Å². The van der Waals surface area contributed by atoms with Crippen molar-refractivity contribution in [1.82, 2.24) is 0 Å². The highest BCUT2D eigenvalue weighted by Crippen LogP contribution is 2.22. The smallest absolute Gasteiger partial charge is 0.0443 e. The summed E-state index contributed by atoms with van der Waals surface area (Å²) in [7, 11) is 0. The van der Waals surface area contributed by atoms with E-state index < -0.39 is 0 Å². The topological polar surface area (TPSA) is 0 Å². The predicted molar refractivity (Wildman–Crippen MR) is 64.5 cm³/mol. The normalized spacial score (nSPS) is 25.3. The molecule has 84 valence electrons. The van der Waals surface area contributed by atoms with Gasteiger partial charge in [-0.3, -0.25) is 0 Å². The Bertz CT molecular complexity index is 100. The van der Waals surface area contributed by atoms with E-state index in [0.717, 1.165) is 11.8 Å². The maximum absolute atomic E-state index is 2.36. The van der Waals surface area contributed by atoms with E-state index in [1.54, 1.807) is 0 Å². The average molecular weight is 196 g/mol. The zero-order valence-corrected chi connectivity index (χ0v) is 10.2. The number of hydrogen-bond acceptors (Lipinski definition) is 0. The minimum Gasteiger partial charge on any atom is -0.0625 e. The van der Waals surface area contributed by atoms with Crippen LogP contribution in [0.4, 0.5) is 0 Å². The quantitative estimate of drug-likeness (QED) is 0.501. The van der Waals surface area contributed by atoms with Crippen molar-refractivity contribution in [3.05, 3.63) is 0 Å². The summed E-state index contributed by atoms with van der Waals surface area (Å²) < 4.78 is 0. The third-order valence-corrected chi connectivity index (χ3v) is 3.79. The van der Waals surface area contributed by atoms with Gasteiger partial charge in [-0.05, 0) is 11.8 Å². The van der Waals surface area contributed by atoms with Crippen LogP contribution in [0.25, 0.3) is 0 Å². The van der Waals surface area contributed by atoms with Crippen molar-refractivity contribution < 1.29 is 0 Å².